The van der Waals surface area contributed by atoms with Crippen molar-refractivity contribution in [2.24, 2.45) is 4.99 Å². The first kappa shape index (κ1) is 18.8. The highest BCUT2D eigenvalue weighted by atomic mass is 32.2. The standard InChI is InChI=1S/C21H23N3O3S/c1-15(2)24-19-8-4-3-7-18(19)20(21(24)25)22-16-9-11-17(12-10-16)28(26,27)23-13-5-6-14-23/h3-4,7-12,15H,5-6,13-14H2,1-2H3. The minimum atomic E-state index is -3.45. The van der Waals surface area contributed by atoms with Gasteiger partial charge in [0, 0.05) is 24.7 Å². The summed E-state index contributed by atoms with van der Waals surface area (Å²) >= 11 is 0. The molecule has 146 valence electrons. The number of rotatable bonds is 4. The predicted molar refractivity (Wildman–Crippen MR) is 110 cm³/mol. The molecule has 7 heteroatoms. The largest absolute Gasteiger partial charge is 0.304 e. The number of fused-ring (bicyclic) bond motifs is 1. The summed E-state index contributed by atoms with van der Waals surface area (Å²) in [6.45, 7) is 5.08. The molecule has 0 spiro atoms. The minimum Gasteiger partial charge on any atom is -0.304 e. The Hall–Kier alpha value is -2.51. The van der Waals surface area contributed by atoms with Gasteiger partial charge in [-0.2, -0.15) is 4.31 Å². The number of benzene rings is 2. The summed E-state index contributed by atoms with van der Waals surface area (Å²) in [4.78, 5) is 19.5. The molecule has 0 unspecified atom stereocenters. The third kappa shape index (κ3) is 3.14. The summed E-state index contributed by atoms with van der Waals surface area (Å²) in [7, 11) is -3.45. The van der Waals surface area contributed by atoms with Crippen molar-refractivity contribution in [1.29, 1.82) is 0 Å². The van der Waals surface area contributed by atoms with E-state index in [1.807, 2.05) is 38.1 Å². The smallest absolute Gasteiger partial charge is 0.277 e. The van der Waals surface area contributed by atoms with Crippen molar-refractivity contribution >= 4 is 33.0 Å². The minimum absolute atomic E-state index is 0.0225. The highest BCUT2D eigenvalue weighted by Gasteiger charge is 2.35. The van der Waals surface area contributed by atoms with Crippen molar-refractivity contribution in [2.45, 2.75) is 37.6 Å². The Morgan fingerprint density at radius 2 is 1.61 bits per heavy atom. The molecule has 28 heavy (non-hydrogen) atoms. The van der Waals surface area contributed by atoms with Gasteiger partial charge in [-0.05, 0) is 57.0 Å². The molecule has 6 nitrogen and oxygen atoms in total. The molecule has 0 bridgehead atoms. The Labute approximate surface area is 165 Å². The molecule has 0 N–H and O–H groups in total. The van der Waals surface area contributed by atoms with Crippen molar-refractivity contribution < 1.29 is 13.2 Å². The maximum absolute atomic E-state index is 12.9. The molecule has 1 fully saturated rings. The number of sulfonamides is 1. The van der Waals surface area contributed by atoms with Crippen LogP contribution in [0.2, 0.25) is 0 Å². The lowest BCUT2D eigenvalue weighted by Crippen LogP contribution is -2.35. The molecule has 2 heterocycles. The third-order valence-electron chi connectivity index (χ3n) is 5.14. The van der Waals surface area contributed by atoms with E-state index >= 15 is 0 Å². The fraction of sp³-hybridized carbons (Fsp3) is 0.333. The van der Waals surface area contributed by atoms with Crippen molar-refractivity contribution in [3.05, 3.63) is 54.1 Å². The normalized spacial score (nSPS) is 19.0. The van der Waals surface area contributed by atoms with Gasteiger partial charge < -0.3 is 4.90 Å². The summed E-state index contributed by atoms with van der Waals surface area (Å²) in [5.41, 5.74) is 2.60. The highest BCUT2D eigenvalue weighted by molar-refractivity contribution is 7.89. The van der Waals surface area contributed by atoms with E-state index in [9.17, 15) is 13.2 Å². The van der Waals surface area contributed by atoms with E-state index in [2.05, 4.69) is 4.99 Å². The molecule has 2 aliphatic heterocycles. The second-order valence-electron chi connectivity index (χ2n) is 7.35. The van der Waals surface area contributed by atoms with Crippen molar-refractivity contribution in [3.63, 3.8) is 0 Å². The Morgan fingerprint density at radius 1 is 0.964 bits per heavy atom. The van der Waals surface area contributed by atoms with Crippen LogP contribution in [0.1, 0.15) is 32.3 Å². The number of aliphatic imine (C=N–C) groups is 1. The van der Waals surface area contributed by atoms with Gasteiger partial charge in [0.05, 0.1) is 16.3 Å². The summed E-state index contributed by atoms with van der Waals surface area (Å²) in [5, 5.41) is 0. The van der Waals surface area contributed by atoms with Gasteiger partial charge in [-0.1, -0.05) is 18.2 Å². The number of carbonyl (C=O) groups excluding carboxylic acids is 1. The predicted octanol–water partition coefficient (Wildman–Crippen LogP) is 3.35. The lowest BCUT2D eigenvalue weighted by molar-refractivity contribution is -0.112. The number of anilines is 1. The van der Waals surface area contributed by atoms with Gasteiger partial charge in [0.15, 0.2) is 0 Å². The number of hydrogen-bond donors (Lipinski definition) is 0. The maximum atomic E-state index is 12.9. The molecule has 0 radical (unpaired) electrons. The van der Waals surface area contributed by atoms with Crippen LogP contribution in [0.15, 0.2) is 58.4 Å². The molecule has 4 rings (SSSR count). The molecule has 2 aromatic rings. The number of amides is 1. The van der Waals surface area contributed by atoms with Crippen LogP contribution in [0.25, 0.3) is 0 Å². The van der Waals surface area contributed by atoms with Crippen LogP contribution < -0.4 is 4.90 Å². The Morgan fingerprint density at radius 3 is 2.25 bits per heavy atom. The SMILES string of the molecule is CC(C)N1C(=O)C(=Nc2ccc(S(=O)(=O)N3CCCC3)cc2)c2ccccc21. The van der Waals surface area contributed by atoms with Crippen LogP contribution in [0.5, 0.6) is 0 Å². The van der Waals surface area contributed by atoms with E-state index in [0.717, 1.165) is 24.1 Å². The van der Waals surface area contributed by atoms with Gasteiger partial charge in [-0.15, -0.1) is 0 Å². The summed E-state index contributed by atoms with van der Waals surface area (Å²) in [6, 6.07) is 14.1. The van der Waals surface area contributed by atoms with Crippen LogP contribution in [0, 0.1) is 0 Å². The van der Waals surface area contributed by atoms with Crippen molar-refractivity contribution in [3.8, 4) is 0 Å². The number of carbonyl (C=O) groups is 1. The van der Waals surface area contributed by atoms with Crippen LogP contribution in [0.3, 0.4) is 0 Å². The molecular weight excluding hydrogens is 374 g/mol. The number of hydrogen-bond acceptors (Lipinski definition) is 4. The molecule has 1 saturated heterocycles. The van der Waals surface area contributed by atoms with Gasteiger partial charge in [0.2, 0.25) is 10.0 Å². The summed E-state index contributed by atoms with van der Waals surface area (Å²) in [5.74, 6) is -0.134. The van der Waals surface area contributed by atoms with E-state index in [0.29, 0.717) is 24.5 Å². The molecule has 0 atom stereocenters. The molecular formula is C21H23N3O3S. The number of nitrogens with zero attached hydrogens (tertiary/aromatic N) is 3. The van der Waals surface area contributed by atoms with Gasteiger partial charge in [0.25, 0.3) is 5.91 Å². The Bertz CT molecular complexity index is 1040. The molecule has 2 aromatic carbocycles. The number of para-hydroxylation sites is 1. The van der Waals surface area contributed by atoms with Crippen LogP contribution in [-0.4, -0.2) is 43.5 Å². The Kier molecular flexibility index (Phi) is 4.81. The lowest BCUT2D eigenvalue weighted by Gasteiger charge is -2.20. The van der Waals surface area contributed by atoms with E-state index in [1.165, 1.54) is 4.31 Å². The third-order valence-corrected chi connectivity index (χ3v) is 7.05. The van der Waals surface area contributed by atoms with Gasteiger partial charge in [0.1, 0.15) is 5.71 Å². The van der Waals surface area contributed by atoms with Gasteiger partial charge in [-0.25, -0.2) is 13.4 Å². The molecule has 0 aliphatic carbocycles. The monoisotopic (exact) mass is 397 g/mol. The zero-order valence-electron chi connectivity index (χ0n) is 16.0. The lowest BCUT2D eigenvalue weighted by atomic mass is 10.1. The van der Waals surface area contributed by atoms with E-state index < -0.39 is 10.0 Å². The van der Waals surface area contributed by atoms with Crippen LogP contribution in [0.4, 0.5) is 11.4 Å². The topological polar surface area (TPSA) is 70.0 Å². The highest BCUT2D eigenvalue weighted by Crippen LogP contribution is 2.32. The zero-order chi connectivity index (χ0) is 19.9. The second-order valence-corrected chi connectivity index (χ2v) is 9.29. The quantitative estimate of drug-likeness (QED) is 0.794. The fourth-order valence-corrected chi connectivity index (χ4v) is 5.26. The van der Waals surface area contributed by atoms with Gasteiger partial charge >= 0.3 is 0 Å². The first-order chi connectivity index (χ1) is 13.4. The first-order valence-corrected chi connectivity index (χ1v) is 11.0. The second kappa shape index (κ2) is 7.14. The van der Waals surface area contributed by atoms with Crippen molar-refractivity contribution in [1.82, 2.24) is 4.31 Å². The van der Waals surface area contributed by atoms with Crippen molar-refractivity contribution in [2.75, 3.05) is 18.0 Å². The van der Waals surface area contributed by atoms with E-state index in [4.69, 9.17) is 0 Å². The first-order valence-electron chi connectivity index (χ1n) is 9.51. The molecule has 2 aliphatic rings. The Balaban J connectivity index is 1.67. The van der Waals surface area contributed by atoms with Crippen LogP contribution >= 0.6 is 0 Å². The van der Waals surface area contributed by atoms with Crippen LogP contribution in [-0.2, 0) is 14.8 Å². The average molecular weight is 398 g/mol. The molecule has 0 aromatic heterocycles. The van der Waals surface area contributed by atoms with E-state index in [-0.39, 0.29) is 16.8 Å². The van der Waals surface area contributed by atoms with Gasteiger partial charge in [-0.3, -0.25) is 4.79 Å². The molecule has 1 amide bonds. The summed E-state index contributed by atoms with van der Waals surface area (Å²) in [6.07, 6.45) is 1.80. The fourth-order valence-electron chi connectivity index (χ4n) is 3.74. The van der Waals surface area contributed by atoms with E-state index in [1.54, 1.807) is 29.2 Å². The average Bonchev–Trinajstić information content (AvgIpc) is 3.30. The molecule has 0 saturated carbocycles. The summed E-state index contributed by atoms with van der Waals surface area (Å²) < 4.78 is 26.8. The zero-order valence-corrected chi connectivity index (χ0v) is 16.8. The maximum Gasteiger partial charge on any atom is 0.277 e.